The SMILES string of the molecule is COc1ccc([C@H]2C(C#N)=C(N)Oc3cc(C)n(CC4CC4)c(=O)c32)c(OC)c1OC. The second-order valence-corrected chi connectivity index (χ2v) is 7.77. The van der Waals surface area contributed by atoms with E-state index < -0.39 is 5.92 Å². The molecular formula is C23H25N3O5. The Labute approximate surface area is 180 Å². The van der Waals surface area contributed by atoms with Crippen molar-refractivity contribution in [1.29, 1.82) is 5.26 Å². The largest absolute Gasteiger partial charge is 0.493 e. The summed E-state index contributed by atoms with van der Waals surface area (Å²) in [5.74, 6) is 1.28. The number of nitriles is 1. The zero-order valence-electron chi connectivity index (χ0n) is 18.0. The number of rotatable bonds is 6. The van der Waals surface area contributed by atoms with Gasteiger partial charge < -0.3 is 29.2 Å². The predicted molar refractivity (Wildman–Crippen MR) is 114 cm³/mol. The van der Waals surface area contributed by atoms with Gasteiger partial charge in [-0.2, -0.15) is 5.26 Å². The zero-order chi connectivity index (χ0) is 22.3. The summed E-state index contributed by atoms with van der Waals surface area (Å²) < 4.78 is 24.0. The van der Waals surface area contributed by atoms with Gasteiger partial charge in [-0.05, 0) is 31.7 Å². The third kappa shape index (κ3) is 3.36. The fourth-order valence-electron chi connectivity index (χ4n) is 4.13. The molecule has 0 saturated heterocycles. The molecule has 0 radical (unpaired) electrons. The number of hydrogen-bond donors (Lipinski definition) is 1. The van der Waals surface area contributed by atoms with Crippen molar-refractivity contribution in [2.24, 2.45) is 11.7 Å². The molecule has 2 aromatic rings. The van der Waals surface area contributed by atoms with Gasteiger partial charge in [-0.25, -0.2) is 0 Å². The highest BCUT2D eigenvalue weighted by Gasteiger charge is 2.37. The van der Waals surface area contributed by atoms with E-state index in [1.54, 1.807) is 22.8 Å². The Morgan fingerprint density at radius 1 is 1.19 bits per heavy atom. The molecule has 1 atom stereocenters. The minimum atomic E-state index is -0.762. The number of pyridine rings is 1. The molecule has 1 aromatic heterocycles. The molecule has 162 valence electrons. The fraction of sp³-hybridized carbons (Fsp3) is 0.391. The maximum Gasteiger partial charge on any atom is 0.258 e. The molecule has 0 bridgehead atoms. The van der Waals surface area contributed by atoms with Crippen LogP contribution in [0.1, 0.15) is 35.6 Å². The molecule has 1 aromatic carbocycles. The molecule has 0 unspecified atom stereocenters. The molecule has 2 heterocycles. The van der Waals surface area contributed by atoms with Crippen LogP contribution in [0.25, 0.3) is 0 Å². The Hall–Kier alpha value is -3.60. The van der Waals surface area contributed by atoms with Gasteiger partial charge in [-0.1, -0.05) is 6.07 Å². The van der Waals surface area contributed by atoms with E-state index in [1.165, 1.54) is 21.3 Å². The molecule has 2 N–H and O–H groups in total. The van der Waals surface area contributed by atoms with Crippen LogP contribution in [-0.2, 0) is 6.54 Å². The molecule has 1 aliphatic heterocycles. The number of nitrogens with zero attached hydrogens (tertiary/aromatic N) is 2. The number of aromatic nitrogens is 1. The Balaban J connectivity index is 2.01. The molecule has 1 aliphatic carbocycles. The van der Waals surface area contributed by atoms with Crippen LogP contribution < -0.4 is 30.2 Å². The number of allylic oxidation sites excluding steroid dienone is 1. The predicted octanol–water partition coefficient (Wildman–Crippen LogP) is 2.81. The number of aryl methyl sites for hydroxylation is 1. The Morgan fingerprint density at radius 3 is 2.48 bits per heavy atom. The van der Waals surface area contributed by atoms with E-state index >= 15 is 0 Å². The van der Waals surface area contributed by atoms with Crippen molar-refractivity contribution in [3.63, 3.8) is 0 Å². The van der Waals surface area contributed by atoms with Crippen LogP contribution >= 0.6 is 0 Å². The van der Waals surface area contributed by atoms with Crippen molar-refractivity contribution in [3.8, 4) is 29.1 Å². The molecular weight excluding hydrogens is 398 g/mol. The van der Waals surface area contributed by atoms with Gasteiger partial charge in [0.1, 0.15) is 17.4 Å². The quantitative estimate of drug-likeness (QED) is 0.761. The molecule has 4 rings (SSSR count). The van der Waals surface area contributed by atoms with E-state index in [4.69, 9.17) is 24.7 Å². The lowest BCUT2D eigenvalue weighted by molar-refractivity contribution is 0.321. The van der Waals surface area contributed by atoms with E-state index in [2.05, 4.69) is 6.07 Å². The first-order valence-electron chi connectivity index (χ1n) is 10.1. The Bertz CT molecular complexity index is 1170. The van der Waals surface area contributed by atoms with Crippen LogP contribution in [0, 0.1) is 24.2 Å². The number of hydrogen-bond acceptors (Lipinski definition) is 7. The minimum absolute atomic E-state index is 0.0319. The summed E-state index contributed by atoms with van der Waals surface area (Å²) in [6.07, 6.45) is 2.23. The van der Waals surface area contributed by atoms with Crippen LogP contribution in [0.2, 0.25) is 0 Å². The summed E-state index contributed by atoms with van der Waals surface area (Å²) in [5.41, 5.74) is 7.80. The fourth-order valence-corrected chi connectivity index (χ4v) is 4.13. The standard InChI is InChI=1S/C23H25N3O5/c1-12-9-17-19(23(27)26(12)11-13-5-6-13)18(15(10-24)22(25)31-17)14-7-8-16(28-2)21(30-4)20(14)29-3/h7-9,13,18H,5-6,11,25H2,1-4H3/t18-/m0/s1. The van der Waals surface area contributed by atoms with Crippen molar-refractivity contribution in [3.05, 3.63) is 56.8 Å². The minimum Gasteiger partial charge on any atom is -0.493 e. The monoisotopic (exact) mass is 423 g/mol. The number of methoxy groups -OCH3 is 3. The van der Waals surface area contributed by atoms with Gasteiger partial charge in [0.2, 0.25) is 11.6 Å². The van der Waals surface area contributed by atoms with Crippen LogP contribution in [-0.4, -0.2) is 25.9 Å². The highest BCUT2D eigenvalue weighted by atomic mass is 16.5. The van der Waals surface area contributed by atoms with Crippen LogP contribution in [0.15, 0.2) is 34.4 Å². The van der Waals surface area contributed by atoms with Crippen molar-refractivity contribution >= 4 is 0 Å². The molecule has 0 spiro atoms. The summed E-state index contributed by atoms with van der Waals surface area (Å²) >= 11 is 0. The second-order valence-electron chi connectivity index (χ2n) is 7.77. The van der Waals surface area contributed by atoms with Crippen molar-refractivity contribution in [2.45, 2.75) is 32.2 Å². The van der Waals surface area contributed by atoms with Crippen LogP contribution in [0.3, 0.4) is 0 Å². The first-order valence-corrected chi connectivity index (χ1v) is 10.1. The zero-order valence-corrected chi connectivity index (χ0v) is 18.0. The molecule has 31 heavy (non-hydrogen) atoms. The summed E-state index contributed by atoms with van der Waals surface area (Å²) in [7, 11) is 4.53. The summed E-state index contributed by atoms with van der Waals surface area (Å²) in [6, 6.07) is 7.41. The topological polar surface area (TPSA) is 109 Å². The van der Waals surface area contributed by atoms with Crippen LogP contribution in [0.5, 0.6) is 23.0 Å². The Morgan fingerprint density at radius 2 is 1.90 bits per heavy atom. The van der Waals surface area contributed by atoms with E-state index in [9.17, 15) is 10.1 Å². The van der Waals surface area contributed by atoms with Crippen molar-refractivity contribution < 1.29 is 18.9 Å². The van der Waals surface area contributed by atoms with Gasteiger partial charge in [-0.15, -0.1) is 0 Å². The van der Waals surface area contributed by atoms with E-state index in [-0.39, 0.29) is 17.0 Å². The van der Waals surface area contributed by atoms with E-state index in [1.807, 2.05) is 6.92 Å². The van der Waals surface area contributed by atoms with Crippen LogP contribution in [0.4, 0.5) is 0 Å². The molecule has 8 heteroatoms. The third-order valence-electron chi connectivity index (χ3n) is 5.87. The highest BCUT2D eigenvalue weighted by molar-refractivity contribution is 5.64. The summed E-state index contributed by atoms with van der Waals surface area (Å²) in [5, 5.41) is 9.91. The molecule has 8 nitrogen and oxygen atoms in total. The third-order valence-corrected chi connectivity index (χ3v) is 5.87. The van der Waals surface area contributed by atoms with Gasteiger partial charge in [0.25, 0.3) is 5.56 Å². The summed E-state index contributed by atoms with van der Waals surface area (Å²) in [4.78, 5) is 13.6. The average Bonchev–Trinajstić information content (AvgIpc) is 3.58. The Kier molecular flexibility index (Phi) is 5.27. The lowest BCUT2D eigenvalue weighted by atomic mass is 9.83. The lowest BCUT2D eigenvalue weighted by Gasteiger charge is -2.29. The number of fused-ring (bicyclic) bond motifs is 1. The lowest BCUT2D eigenvalue weighted by Crippen LogP contribution is -2.33. The first-order chi connectivity index (χ1) is 14.9. The van der Waals surface area contributed by atoms with E-state index in [0.29, 0.717) is 46.6 Å². The van der Waals surface area contributed by atoms with Gasteiger partial charge in [0, 0.05) is 23.9 Å². The summed E-state index contributed by atoms with van der Waals surface area (Å²) in [6.45, 7) is 2.52. The van der Waals surface area contributed by atoms with Crippen molar-refractivity contribution in [2.75, 3.05) is 21.3 Å². The average molecular weight is 423 g/mol. The van der Waals surface area contributed by atoms with Gasteiger partial charge in [-0.3, -0.25) is 4.79 Å². The second kappa shape index (κ2) is 7.91. The maximum absolute atomic E-state index is 13.6. The van der Waals surface area contributed by atoms with Crippen molar-refractivity contribution in [1.82, 2.24) is 4.57 Å². The maximum atomic E-state index is 13.6. The number of nitrogens with two attached hydrogens (primary N) is 1. The van der Waals surface area contributed by atoms with Gasteiger partial charge >= 0.3 is 0 Å². The van der Waals surface area contributed by atoms with E-state index in [0.717, 1.165) is 18.5 Å². The normalized spacial score (nSPS) is 17.5. The molecule has 1 saturated carbocycles. The number of benzene rings is 1. The molecule has 1 fully saturated rings. The smallest absolute Gasteiger partial charge is 0.258 e. The molecule has 2 aliphatic rings. The number of ether oxygens (including phenoxy) is 4. The highest BCUT2D eigenvalue weighted by Crippen LogP contribution is 2.49. The van der Waals surface area contributed by atoms with Gasteiger partial charge in [0.15, 0.2) is 11.5 Å². The first kappa shape index (κ1) is 20.7. The van der Waals surface area contributed by atoms with Gasteiger partial charge in [0.05, 0.1) is 32.8 Å². The molecule has 0 amide bonds.